The Hall–Kier alpha value is -1.49. The third-order valence-corrected chi connectivity index (χ3v) is 3.82. The molecule has 1 aliphatic rings. The normalized spacial score (nSPS) is 18.2. The minimum Gasteiger partial charge on any atom is -0.448 e. The van der Waals surface area contributed by atoms with Crippen LogP contribution in [0.3, 0.4) is 0 Å². The molecule has 1 amide bonds. The third-order valence-electron chi connectivity index (χ3n) is 2.76. The highest BCUT2D eigenvalue weighted by Crippen LogP contribution is 2.24. The van der Waals surface area contributed by atoms with E-state index in [0.717, 1.165) is 36.0 Å². The number of amides is 1. The molecule has 1 fully saturated rings. The van der Waals surface area contributed by atoms with Crippen molar-refractivity contribution >= 4 is 28.7 Å². The smallest absolute Gasteiger partial charge is 0.436 e. The van der Waals surface area contributed by atoms with Crippen LogP contribution in [0, 0.1) is 0 Å². The zero-order chi connectivity index (χ0) is 13.5. The molecule has 0 spiro atoms. The number of nitrogens with zero attached hydrogens (tertiary/aromatic N) is 2. The molecule has 2 rings (SSSR count). The van der Waals surface area contributed by atoms with Crippen LogP contribution in [0.1, 0.15) is 19.8 Å². The molecule has 0 radical (unpaired) electrons. The SMILES string of the molecule is CCOC(=O)/N=C1\SCCCCN1c1ccccc1. The maximum absolute atomic E-state index is 11.6. The highest BCUT2D eigenvalue weighted by molar-refractivity contribution is 8.14. The average Bonchev–Trinajstić information content (AvgIpc) is 2.65. The number of thioether (sulfide) groups is 1. The number of rotatable bonds is 2. The molecule has 19 heavy (non-hydrogen) atoms. The van der Waals surface area contributed by atoms with Crippen LogP contribution in [0.4, 0.5) is 10.5 Å². The number of benzene rings is 1. The van der Waals surface area contributed by atoms with E-state index in [9.17, 15) is 4.79 Å². The monoisotopic (exact) mass is 278 g/mol. The predicted molar refractivity (Wildman–Crippen MR) is 79.9 cm³/mol. The van der Waals surface area contributed by atoms with Crippen LogP contribution in [-0.2, 0) is 4.74 Å². The Labute approximate surface area is 117 Å². The number of hydrogen-bond donors (Lipinski definition) is 0. The quantitative estimate of drug-likeness (QED) is 0.830. The molecule has 1 saturated heterocycles. The van der Waals surface area contributed by atoms with Gasteiger partial charge in [0.1, 0.15) is 0 Å². The average molecular weight is 278 g/mol. The van der Waals surface area contributed by atoms with E-state index in [2.05, 4.69) is 9.89 Å². The first-order chi connectivity index (χ1) is 9.31. The minimum absolute atomic E-state index is 0.353. The van der Waals surface area contributed by atoms with Gasteiger partial charge in [0, 0.05) is 18.0 Å². The van der Waals surface area contributed by atoms with E-state index >= 15 is 0 Å². The lowest BCUT2D eigenvalue weighted by Gasteiger charge is -2.23. The lowest BCUT2D eigenvalue weighted by Crippen LogP contribution is -2.29. The Bertz CT molecular complexity index is 448. The van der Waals surface area contributed by atoms with Gasteiger partial charge in [-0.25, -0.2) is 4.79 Å². The first-order valence-electron chi connectivity index (χ1n) is 6.52. The highest BCUT2D eigenvalue weighted by Gasteiger charge is 2.18. The fraction of sp³-hybridized carbons (Fsp3) is 0.429. The van der Waals surface area contributed by atoms with Gasteiger partial charge in [-0.05, 0) is 31.9 Å². The van der Waals surface area contributed by atoms with E-state index in [-0.39, 0.29) is 0 Å². The van der Waals surface area contributed by atoms with Crippen LogP contribution in [0.25, 0.3) is 0 Å². The van der Waals surface area contributed by atoms with E-state index in [1.54, 1.807) is 18.7 Å². The summed E-state index contributed by atoms with van der Waals surface area (Å²) >= 11 is 1.62. The van der Waals surface area contributed by atoms with Crippen LogP contribution >= 0.6 is 11.8 Å². The number of hydrogen-bond acceptors (Lipinski definition) is 3. The van der Waals surface area contributed by atoms with E-state index < -0.39 is 6.09 Å². The van der Waals surface area contributed by atoms with Gasteiger partial charge in [-0.2, -0.15) is 4.99 Å². The predicted octanol–water partition coefficient (Wildman–Crippen LogP) is 3.53. The van der Waals surface area contributed by atoms with Gasteiger partial charge in [-0.15, -0.1) is 0 Å². The van der Waals surface area contributed by atoms with E-state index in [0.29, 0.717) is 6.61 Å². The molecule has 0 aliphatic carbocycles. The third kappa shape index (κ3) is 3.99. The molecule has 1 heterocycles. The summed E-state index contributed by atoms with van der Waals surface area (Å²) in [6, 6.07) is 10.0. The van der Waals surface area contributed by atoms with Gasteiger partial charge in [-0.1, -0.05) is 30.0 Å². The van der Waals surface area contributed by atoms with Crippen LogP contribution in [0.2, 0.25) is 0 Å². The molecule has 0 unspecified atom stereocenters. The van der Waals surface area contributed by atoms with Crippen LogP contribution in [0.5, 0.6) is 0 Å². The van der Waals surface area contributed by atoms with Gasteiger partial charge in [0.2, 0.25) is 0 Å². The molecular formula is C14H18N2O2S. The molecular weight excluding hydrogens is 260 g/mol. The summed E-state index contributed by atoms with van der Waals surface area (Å²) < 4.78 is 4.90. The zero-order valence-corrected chi connectivity index (χ0v) is 11.9. The van der Waals surface area contributed by atoms with Gasteiger partial charge in [0.15, 0.2) is 5.17 Å². The molecule has 1 aromatic carbocycles. The van der Waals surface area contributed by atoms with Crippen LogP contribution in [0.15, 0.2) is 35.3 Å². The number of amidine groups is 1. The molecule has 0 N–H and O–H groups in total. The summed E-state index contributed by atoms with van der Waals surface area (Å²) in [6.45, 7) is 3.02. The number of para-hydroxylation sites is 1. The molecule has 0 aromatic heterocycles. The number of anilines is 1. The van der Waals surface area contributed by atoms with Crippen LogP contribution < -0.4 is 4.90 Å². The summed E-state index contributed by atoms with van der Waals surface area (Å²) in [5, 5.41) is 0.738. The van der Waals surface area contributed by atoms with Gasteiger partial charge in [0.05, 0.1) is 6.61 Å². The van der Waals surface area contributed by atoms with Crippen molar-refractivity contribution in [3.8, 4) is 0 Å². The molecule has 1 aromatic rings. The summed E-state index contributed by atoms with van der Waals surface area (Å²) in [4.78, 5) is 17.7. The Morgan fingerprint density at radius 1 is 1.37 bits per heavy atom. The number of aliphatic imine (C=N–C) groups is 1. The number of carbonyl (C=O) groups excluding carboxylic acids is 1. The molecule has 102 valence electrons. The fourth-order valence-corrected chi connectivity index (χ4v) is 2.91. The zero-order valence-electron chi connectivity index (χ0n) is 11.0. The van der Waals surface area contributed by atoms with E-state index in [1.165, 1.54) is 0 Å². The van der Waals surface area contributed by atoms with Crippen molar-refractivity contribution in [3.05, 3.63) is 30.3 Å². The highest BCUT2D eigenvalue weighted by atomic mass is 32.2. The maximum atomic E-state index is 11.6. The lowest BCUT2D eigenvalue weighted by molar-refractivity contribution is 0.163. The summed E-state index contributed by atoms with van der Waals surface area (Å²) in [6.07, 6.45) is 1.73. The Balaban J connectivity index is 2.23. The largest absolute Gasteiger partial charge is 0.448 e. The first kappa shape index (κ1) is 13.9. The summed E-state index contributed by atoms with van der Waals surface area (Å²) in [5.41, 5.74) is 1.07. The number of ether oxygens (including phenoxy) is 1. The van der Waals surface area contributed by atoms with Crippen molar-refractivity contribution in [1.82, 2.24) is 0 Å². The Morgan fingerprint density at radius 2 is 2.16 bits per heavy atom. The second kappa shape index (κ2) is 7.19. The molecule has 0 saturated carbocycles. The molecule has 5 heteroatoms. The van der Waals surface area contributed by atoms with Crippen molar-refractivity contribution in [2.24, 2.45) is 4.99 Å². The van der Waals surface area contributed by atoms with Crippen molar-refractivity contribution < 1.29 is 9.53 Å². The van der Waals surface area contributed by atoms with Crippen molar-refractivity contribution in [2.75, 3.05) is 23.8 Å². The number of carbonyl (C=O) groups is 1. The van der Waals surface area contributed by atoms with Gasteiger partial charge >= 0.3 is 6.09 Å². The molecule has 0 bridgehead atoms. The Morgan fingerprint density at radius 3 is 2.89 bits per heavy atom. The molecule has 1 aliphatic heterocycles. The fourth-order valence-electron chi connectivity index (χ4n) is 1.88. The summed E-state index contributed by atoms with van der Waals surface area (Å²) in [7, 11) is 0. The lowest BCUT2D eigenvalue weighted by atomic mass is 10.2. The standard InChI is InChI=1S/C14H18N2O2S/c1-2-18-14(17)15-13-16(10-6-7-11-19-13)12-8-4-3-5-9-12/h3-5,8-9H,2,6-7,10-11H2,1H3/b15-13-. The second-order valence-corrected chi connectivity index (χ2v) is 5.20. The maximum Gasteiger partial charge on any atom is 0.436 e. The van der Waals surface area contributed by atoms with Crippen LogP contribution in [-0.4, -0.2) is 30.2 Å². The van der Waals surface area contributed by atoms with Crippen molar-refractivity contribution in [1.29, 1.82) is 0 Å². The van der Waals surface area contributed by atoms with Crippen molar-refractivity contribution in [2.45, 2.75) is 19.8 Å². The Kier molecular flexibility index (Phi) is 5.27. The van der Waals surface area contributed by atoms with E-state index in [1.807, 2.05) is 30.3 Å². The molecule has 4 nitrogen and oxygen atoms in total. The van der Waals surface area contributed by atoms with Crippen molar-refractivity contribution in [3.63, 3.8) is 0 Å². The second-order valence-electron chi connectivity index (χ2n) is 4.14. The van der Waals surface area contributed by atoms with Gasteiger partial charge < -0.3 is 9.64 Å². The topological polar surface area (TPSA) is 41.9 Å². The van der Waals surface area contributed by atoms with Gasteiger partial charge in [-0.3, -0.25) is 0 Å². The minimum atomic E-state index is -0.507. The molecule has 0 atom stereocenters. The van der Waals surface area contributed by atoms with E-state index in [4.69, 9.17) is 4.74 Å². The first-order valence-corrected chi connectivity index (χ1v) is 7.50. The summed E-state index contributed by atoms with van der Waals surface area (Å²) in [5.74, 6) is 0.988. The van der Waals surface area contributed by atoms with Gasteiger partial charge in [0.25, 0.3) is 0 Å².